The molecule has 156 valence electrons. The maximum Gasteiger partial charge on any atom is 0.264 e. The summed E-state index contributed by atoms with van der Waals surface area (Å²) in [4.78, 5) is 34.6. The summed E-state index contributed by atoms with van der Waals surface area (Å²) >= 11 is 1.37. The van der Waals surface area contributed by atoms with Crippen molar-refractivity contribution in [2.75, 3.05) is 13.7 Å². The molecule has 2 aliphatic heterocycles. The van der Waals surface area contributed by atoms with Gasteiger partial charge in [-0.05, 0) is 55.0 Å². The van der Waals surface area contributed by atoms with Gasteiger partial charge in [0.05, 0.1) is 17.4 Å². The van der Waals surface area contributed by atoms with Gasteiger partial charge in [-0.3, -0.25) is 14.2 Å². The summed E-state index contributed by atoms with van der Waals surface area (Å²) in [6.07, 6.45) is 4.84. The summed E-state index contributed by atoms with van der Waals surface area (Å²) in [5.74, 6) is 1.66. The molecule has 0 N–H and O–H groups in total. The van der Waals surface area contributed by atoms with Crippen LogP contribution in [0.25, 0.3) is 10.2 Å². The number of thiophene rings is 1. The second-order valence-electron chi connectivity index (χ2n) is 8.14. The van der Waals surface area contributed by atoms with E-state index in [4.69, 9.17) is 9.72 Å². The standard InChI is InChI=1S/C23H25N3O3S/c1-14-19-21(24-18-6-4-3-5-10-26(18)22(19)27)30-20(14)23(28)25-11-9-15-7-8-17(29-2)12-16(15)13-25/h7-8,12H,3-6,9-11,13H2,1-2H3. The van der Waals surface area contributed by atoms with Crippen LogP contribution in [0.15, 0.2) is 23.0 Å². The van der Waals surface area contributed by atoms with Gasteiger partial charge >= 0.3 is 0 Å². The van der Waals surface area contributed by atoms with E-state index in [9.17, 15) is 9.59 Å². The van der Waals surface area contributed by atoms with E-state index < -0.39 is 0 Å². The Balaban J connectivity index is 1.52. The molecular weight excluding hydrogens is 398 g/mol. The van der Waals surface area contributed by atoms with Crippen LogP contribution in [0.3, 0.4) is 0 Å². The topological polar surface area (TPSA) is 64.4 Å². The highest BCUT2D eigenvalue weighted by Crippen LogP contribution is 2.31. The fraction of sp³-hybridized carbons (Fsp3) is 0.435. The van der Waals surface area contributed by atoms with Crippen molar-refractivity contribution >= 4 is 27.5 Å². The Morgan fingerprint density at radius 3 is 2.83 bits per heavy atom. The van der Waals surface area contributed by atoms with Crippen molar-refractivity contribution in [3.63, 3.8) is 0 Å². The first-order valence-corrected chi connectivity index (χ1v) is 11.4. The minimum absolute atomic E-state index is 0.0106. The molecule has 0 atom stereocenters. The number of carbonyl (C=O) groups is 1. The van der Waals surface area contributed by atoms with Gasteiger partial charge < -0.3 is 9.64 Å². The van der Waals surface area contributed by atoms with Crippen molar-refractivity contribution in [1.82, 2.24) is 14.5 Å². The van der Waals surface area contributed by atoms with Crippen LogP contribution in [-0.2, 0) is 25.9 Å². The number of methoxy groups -OCH3 is 1. The van der Waals surface area contributed by atoms with E-state index in [2.05, 4.69) is 6.07 Å². The van der Waals surface area contributed by atoms with Crippen molar-refractivity contribution in [2.45, 2.75) is 52.1 Å². The molecule has 30 heavy (non-hydrogen) atoms. The number of fused-ring (bicyclic) bond motifs is 3. The number of nitrogens with zero attached hydrogens (tertiary/aromatic N) is 3. The average molecular weight is 424 g/mol. The Bertz CT molecular complexity index is 1210. The summed E-state index contributed by atoms with van der Waals surface area (Å²) in [5, 5.41) is 0.619. The molecule has 2 aromatic heterocycles. The lowest BCUT2D eigenvalue weighted by Gasteiger charge is -2.29. The molecular formula is C23H25N3O3S. The van der Waals surface area contributed by atoms with Gasteiger partial charge in [0.1, 0.15) is 16.4 Å². The van der Waals surface area contributed by atoms with Crippen LogP contribution in [0.2, 0.25) is 0 Å². The van der Waals surface area contributed by atoms with E-state index in [0.29, 0.717) is 28.2 Å². The van der Waals surface area contributed by atoms with E-state index in [1.807, 2.05) is 28.5 Å². The van der Waals surface area contributed by atoms with Crippen LogP contribution in [0.5, 0.6) is 5.75 Å². The van der Waals surface area contributed by atoms with Gasteiger partial charge in [-0.15, -0.1) is 11.3 Å². The van der Waals surface area contributed by atoms with Gasteiger partial charge in [-0.1, -0.05) is 12.5 Å². The second-order valence-corrected chi connectivity index (χ2v) is 9.14. The van der Waals surface area contributed by atoms with Crippen molar-refractivity contribution < 1.29 is 9.53 Å². The van der Waals surface area contributed by atoms with E-state index >= 15 is 0 Å². The maximum absolute atomic E-state index is 13.4. The fourth-order valence-corrected chi connectivity index (χ4v) is 5.75. The smallest absolute Gasteiger partial charge is 0.264 e. The summed E-state index contributed by atoms with van der Waals surface area (Å²) < 4.78 is 7.17. The van der Waals surface area contributed by atoms with E-state index in [0.717, 1.165) is 61.3 Å². The minimum Gasteiger partial charge on any atom is -0.497 e. The zero-order valence-corrected chi connectivity index (χ0v) is 18.2. The molecule has 0 radical (unpaired) electrons. The lowest BCUT2D eigenvalue weighted by molar-refractivity contribution is 0.0739. The highest BCUT2D eigenvalue weighted by atomic mass is 32.1. The van der Waals surface area contributed by atoms with Crippen LogP contribution in [0.1, 0.15) is 51.4 Å². The second kappa shape index (κ2) is 7.54. The predicted molar refractivity (Wildman–Crippen MR) is 118 cm³/mol. The number of benzene rings is 1. The maximum atomic E-state index is 13.4. The number of ether oxygens (including phenoxy) is 1. The zero-order valence-electron chi connectivity index (χ0n) is 17.4. The molecule has 2 aliphatic rings. The fourth-order valence-electron chi connectivity index (χ4n) is 4.59. The molecule has 1 amide bonds. The monoisotopic (exact) mass is 423 g/mol. The number of aryl methyl sites for hydroxylation is 2. The summed E-state index contributed by atoms with van der Waals surface area (Å²) in [7, 11) is 1.65. The number of hydrogen-bond donors (Lipinski definition) is 0. The molecule has 0 fully saturated rings. The molecule has 0 unspecified atom stereocenters. The largest absolute Gasteiger partial charge is 0.497 e. The third-order valence-corrected chi connectivity index (χ3v) is 7.49. The van der Waals surface area contributed by atoms with E-state index in [-0.39, 0.29) is 11.5 Å². The molecule has 0 saturated carbocycles. The quantitative estimate of drug-likeness (QED) is 0.631. The molecule has 1 aromatic carbocycles. The van der Waals surface area contributed by atoms with Crippen LogP contribution < -0.4 is 10.3 Å². The Hall–Kier alpha value is -2.67. The van der Waals surface area contributed by atoms with Crippen molar-refractivity contribution in [3.05, 3.63) is 55.9 Å². The number of aromatic nitrogens is 2. The molecule has 5 rings (SSSR count). The molecule has 0 spiro atoms. The van der Waals surface area contributed by atoms with Crippen LogP contribution in [-0.4, -0.2) is 34.0 Å². The molecule has 4 heterocycles. The van der Waals surface area contributed by atoms with Gasteiger partial charge in [0.2, 0.25) is 0 Å². The summed E-state index contributed by atoms with van der Waals surface area (Å²) in [5.41, 5.74) is 3.17. The first kappa shape index (κ1) is 19.3. The number of amides is 1. The third kappa shape index (κ3) is 3.12. The summed E-state index contributed by atoms with van der Waals surface area (Å²) in [6.45, 7) is 3.84. The van der Waals surface area contributed by atoms with Crippen molar-refractivity contribution in [3.8, 4) is 5.75 Å². The van der Waals surface area contributed by atoms with Gasteiger partial charge in [0.15, 0.2) is 0 Å². The number of hydrogen-bond acceptors (Lipinski definition) is 5. The van der Waals surface area contributed by atoms with E-state index in [1.54, 1.807) is 7.11 Å². The minimum atomic E-state index is -0.0106. The normalized spacial score (nSPS) is 16.1. The van der Waals surface area contributed by atoms with Gasteiger partial charge in [-0.25, -0.2) is 4.98 Å². The third-order valence-electron chi connectivity index (χ3n) is 6.32. The Morgan fingerprint density at radius 1 is 1.13 bits per heavy atom. The lowest BCUT2D eigenvalue weighted by atomic mass is 9.99. The lowest BCUT2D eigenvalue weighted by Crippen LogP contribution is -2.35. The van der Waals surface area contributed by atoms with Gasteiger partial charge in [0.25, 0.3) is 11.5 Å². The molecule has 0 aliphatic carbocycles. The molecule has 3 aromatic rings. The van der Waals surface area contributed by atoms with Crippen LogP contribution in [0, 0.1) is 6.92 Å². The number of rotatable bonds is 2. The number of carbonyl (C=O) groups excluding carboxylic acids is 1. The molecule has 0 bridgehead atoms. The first-order valence-electron chi connectivity index (χ1n) is 10.5. The Morgan fingerprint density at radius 2 is 2.00 bits per heavy atom. The average Bonchev–Trinajstić information content (AvgIpc) is 2.93. The summed E-state index contributed by atoms with van der Waals surface area (Å²) in [6, 6.07) is 6.06. The van der Waals surface area contributed by atoms with Gasteiger partial charge in [-0.2, -0.15) is 0 Å². The van der Waals surface area contributed by atoms with E-state index in [1.165, 1.54) is 16.9 Å². The highest BCUT2D eigenvalue weighted by Gasteiger charge is 2.27. The molecule has 0 saturated heterocycles. The molecule has 6 nitrogen and oxygen atoms in total. The van der Waals surface area contributed by atoms with Crippen LogP contribution >= 0.6 is 11.3 Å². The van der Waals surface area contributed by atoms with Crippen LogP contribution in [0.4, 0.5) is 0 Å². The van der Waals surface area contributed by atoms with Crippen molar-refractivity contribution in [1.29, 1.82) is 0 Å². The Labute approximate surface area is 179 Å². The van der Waals surface area contributed by atoms with Crippen molar-refractivity contribution in [2.24, 2.45) is 0 Å². The Kier molecular flexibility index (Phi) is 4.85. The van der Waals surface area contributed by atoms with Gasteiger partial charge in [0, 0.05) is 26.1 Å². The SMILES string of the molecule is COc1ccc2c(c1)CN(C(=O)c1sc3nc4n(c(=O)c3c1C)CCCCC4)CC2. The predicted octanol–water partition coefficient (Wildman–Crippen LogP) is 3.70. The zero-order chi connectivity index (χ0) is 20.8. The highest BCUT2D eigenvalue weighted by molar-refractivity contribution is 7.20. The molecule has 7 heteroatoms. The first-order chi connectivity index (χ1) is 14.6.